The van der Waals surface area contributed by atoms with Crippen LogP contribution in [0.25, 0.3) is 0 Å². The van der Waals surface area contributed by atoms with Gasteiger partial charge in [0.05, 0.1) is 20.3 Å². The van der Waals surface area contributed by atoms with Crippen molar-refractivity contribution in [2.24, 2.45) is 0 Å². The Morgan fingerprint density at radius 1 is 1.35 bits per heavy atom. The molecule has 0 spiro atoms. The molecule has 0 aliphatic carbocycles. The SMILES string of the molecule is COC(=O)NC(=O)[C@H](C)N(C)Cc1cccc(OC)c1. The number of imide groups is 1. The van der Waals surface area contributed by atoms with Crippen LogP contribution in [-0.2, 0) is 16.1 Å². The maximum Gasteiger partial charge on any atom is 0.413 e. The standard InChI is InChI=1S/C14H20N2O4/c1-10(13(17)15-14(18)20-4)16(2)9-11-6-5-7-12(8-11)19-3/h5-8,10H,9H2,1-4H3,(H,15,17,18)/t10-/m0/s1. The van der Waals surface area contributed by atoms with Gasteiger partial charge in [0.2, 0.25) is 5.91 Å². The normalized spacial score (nSPS) is 11.8. The van der Waals surface area contributed by atoms with E-state index in [9.17, 15) is 9.59 Å². The second-order valence-corrected chi connectivity index (χ2v) is 4.42. The lowest BCUT2D eigenvalue weighted by atomic mass is 10.2. The topological polar surface area (TPSA) is 67.9 Å². The van der Waals surface area contributed by atoms with E-state index in [0.29, 0.717) is 6.54 Å². The number of benzene rings is 1. The summed E-state index contributed by atoms with van der Waals surface area (Å²) in [5, 5.41) is 2.15. The molecule has 110 valence electrons. The van der Waals surface area contributed by atoms with Crippen LogP contribution < -0.4 is 10.1 Å². The molecule has 6 nitrogen and oxygen atoms in total. The number of hydrogen-bond donors (Lipinski definition) is 1. The Kier molecular flexibility index (Phi) is 5.99. The van der Waals surface area contributed by atoms with Gasteiger partial charge in [0.25, 0.3) is 0 Å². The number of methoxy groups -OCH3 is 2. The Labute approximate surface area is 118 Å². The van der Waals surface area contributed by atoms with Gasteiger partial charge in [-0.3, -0.25) is 15.0 Å². The Morgan fingerprint density at radius 2 is 2.05 bits per heavy atom. The van der Waals surface area contributed by atoms with E-state index in [1.165, 1.54) is 7.11 Å². The van der Waals surface area contributed by atoms with Crippen LogP contribution in [0.1, 0.15) is 12.5 Å². The van der Waals surface area contributed by atoms with E-state index in [-0.39, 0.29) is 0 Å². The van der Waals surface area contributed by atoms with Crippen molar-refractivity contribution in [1.29, 1.82) is 0 Å². The molecule has 6 heteroatoms. The van der Waals surface area contributed by atoms with E-state index in [1.807, 2.05) is 29.2 Å². The van der Waals surface area contributed by atoms with Gasteiger partial charge in [-0.25, -0.2) is 4.79 Å². The molecule has 20 heavy (non-hydrogen) atoms. The number of likely N-dealkylation sites (N-methyl/N-ethyl adjacent to an activating group) is 1. The fraction of sp³-hybridized carbons (Fsp3) is 0.429. The van der Waals surface area contributed by atoms with E-state index in [1.54, 1.807) is 21.1 Å². The lowest BCUT2D eigenvalue weighted by Gasteiger charge is -2.23. The first kappa shape index (κ1) is 16.0. The lowest BCUT2D eigenvalue weighted by Crippen LogP contribution is -2.45. The first-order valence-corrected chi connectivity index (χ1v) is 6.20. The highest BCUT2D eigenvalue weighted by molar-refractivity contribution is 5.94. The van der Waals surface area contributed by atoms with Gasteiger partial charge in [-0.05, 0) is 31.7 Å². The molecule has 2 amide bonds. The minimum Gasteiger partial charge on any atom is -0.497 e. The molecule has 1 aromatic carbocycles. The Hall–Kier alpha value is -2.08. The predicted octanol–water partition coefficient (Wildman–Crippen LogP) is 1.40. The molecule has 0 unspecified atom stereocenters. The lowest BCUT2D eigenvalue weighted by molar-refractivity contribution is -0.124. The molecule has 0 fully saturated rings. The highest BCUT2D eigenvalue weighted by Crippen LogP contribution is 2.14. The zero-order valence-corrected chi connectivity index (χ0v) is 12.2. The Bertz CT molecular complexity index is 476. The third-order valence-corrected chi connectivity index (χ3v) is 3.02. The first-order valence-electron chi connectivity index (χ1n) is 6.20. The number of nitrogens with one attached hydrogen (secondary N) is 1. The summed E-state index contributed by atoms with van der Waals surface area (Å²) in [5.41, 5.74) is 1.02. The second kappa shape index (κ2) is 7.49. The van der Waals surface area contributed by atoms with Crippen LogP contribution in [0.5, 0.6) is 5.75 Å². The van der Waals surface area contributed by atoms with Crippen LogP contribution in [0.2, 0.25) is 0 Å². The summed E-state index contributed by atoms with van der Waals surface area (Å²) in [6, 6.07) is 7.14. The second-order valence-electron chi connectivity index (χ2n) is 4.42. The van der Waals surface area contributed by atoms with Crippen molar-refractivity contribution in [3.63, 3.8) is 0 Å². The molecule has 0 saturated carbocycles. The summed E-state index contributed by atoms with van der Waals surface area (Å²) in [6.07, 6.45) is -0.753. The van der Waals surface area contributed by atoms with Crippen LogP contribution >= 0.6 is 0 Å². The van der Waals surface area contributed by atoms with Gasteiger partial charge >= 0.3 is 6.09 Å². The Balaban J connectivity index is 2.62. The predicted molar refractivity (Wildman–Crippen MR) is 74.5 cm³/mol. The van der Waals surface area contributed by atoms with E-state index >= 15 is 0 Å². The summed E-state index contributed by atoms with van der Waals surface area (Å²) in [4.78, 5) is 24.6. The van der Waals surface area contributed by atoms with Gasteiger partial charge in [-0.15, -0.1) is 0 Å². The summed E-state index contributed by atoms with van der Waals surface area (Å²) in [7, 11) is 4.63. The molecule has 0 aliphatic heterocycles. The number of alkyl carbamates (subject to hydrolysis) is 1. The van der Waals surface area contributed by atoms with Crippen molar-refractivity contribution < 1.29 is 19.1 Å². The number of carbonyl (C=O) groups excluding carboxylic acids is 2. The third-order valence-electron chi connectivity index (χ3n) is 3.02. The largest absolute Gasteiger partial charge is 0.497 e. The molecule has 0 aliphatic rings. The van der Waals surface area contributed by atoms with Gasteiger partial charge in [0.15, 0.2) is 0 Å². The van der Waals surface area contributed by atoms with E-state index in [0.717, 1.165) is 11.3 Å². The third kappa shape index (κ3) is 4.55. The zero-order chi connectivity index (χ0) is 15.1. The molecule has 1 rings (SSSR count). The van der Waals surface area contributed by atoms with Gasteiger partial charge in [-0.2, -0.15) is 0 Å². The average molecular weight is 280 g/mol. The minimum atomic E-state index is -0.753. The number of amides is 2. The van der Waals surface area contributed by atoms with Crippen molar-refractivity contribution in [1.82, 2.24) is 10.2 Å². The monoisotopic (exact) mass is 280 g/mol. The number of nitrogens with zero attached hydrogens (tertiary/aromatic N) is 1. The highest BCUT2D eigenvalue weighted by atomic mass is 16.5. The molecule has 0 heterocycles. The van der Waals surface area contributed by atoms with Crippen LogP contribution in [0.4, 0.5) is 4.79 Å². The molecule has 0 saturated heterocycles. The molecular formula is C14H20N2O4. The van der Waals surface area contributed by atoms with Gasteiger partial charge in [-0.1, -0.05) is 12.1 Å². The quantitative estimate of drug-likeness (QED) is 0.883. The average Bonchev–Trinajstić information content (AvgIpc) is 2.46. The minimum absolute atomic E-state index is 0.401. The molecule has 0 aromatic heterocycles. The zero-order valence-electron chi connectivity index (χ0n) is 12.2. The van der Waals surface area contributed by atoms with Crippen molar-refractivity contribution in [2.45, 2.75) is 19.5 Å². The number of rotatable bonds is 5. The smallest absolute Gasteiger partial charge is 0.413 e. The van der Waals surface area contributed by atoms with Crippen LogP contribution in [0.3, 0.4) is 0 Å². The molecule has 0 radical (unpaired) electrons. The van der Waals surface area contributed by atoms with Crippen LogP contribution in [0.15, 0.2) is 24.3 Å². The van der Waals surface area contributed by atoms with Crippen LogP contribution in [-0.4, -0.2) is 44.2 Å². The summed E-state index contributed by atoms with van der Waals surface area (Å²) in [5.74, 6) is 0.366. The summed E-state index contributed by atoms with van der Waals surface area (Å²) < 4.78 is 9.55. The molecule has 1 atom stereocenters. The molecular weight excluding hydrogens is 260 g/mol. The van der Waals surface area contributed by atoms with E-state index < -0.39 is 18.0 Å². The number of hydrogen-bond acceptors (Lipinski definition) is 5. The highest BCUT2D eigenvalue weighted by Gasteiger charge is 2.20. The van der Waals surface area contributed by atoms with Gasteiger partial charge in [0, 0.05) is 6.54 Å². The molecule has 0 bridgehead atoms. The molecule has 1 N–H and O–H groups in total. The van der Waals surface area contributed by atoms with Gasteiger partial charge < -0.3 is 9.47 Å². The van der Waals surface area contributed by atoms with E-state index in [2.05, 4.69) is 10.1 Å². The molecule has 1 aromatic rings. The first-order chi connectivity index (χ1) is 9.47. The fourth-order valence-corrected chi connectivity index (χ4v) is 1.65. The number of ether oxygens (including phenoxy) is 2. The van der Waals surface area contributed by atoms with Crippen molar-refractivity contribution >= 4 is 12.0 Å². The fourth-order valence-electron chi connectivity index (χ4n) is 1.65. The van der Waals surface area contributed by atoms with E-state index in [4.69, 9.17) is 4.74 Å². The Morgan fingerprint density at radius 3 is 2.65 bits per heavy atom. The summed E-state index contributed by atoms with van der Waals surface area (Å²) >= 11 is 0. The maximum atomic E-state index is 11.8. The van der Waals surface area contributed by atoms with Crippen molar-refractivity contribution in [3.8, 4) is 5.75 Å². The van der Waals surface area contributed by atoms with Gasteiger partial charge in [0.1, 0.15) is 5.75 Å². The van der Waals surface area contributed by atoms with Crippen molar-refractivity contribution in [3.05, 3.63) is 29.8 Å². The van der Waals surface area contributed by atoms with Crippen LogP contribution in [0, 0.1) is 0 Å². The van der Waals surface area contributed by atoms with Crippen molar-refractivity contribution in [2.75, 3.05) is 21.3 Å². The number of carbonyl (C=O) groups is 2. The maximum absolute atomic E-state index is 11.8. The summed E-state index contributed by atoms with van der Waals surface area (Å²) in [6.45, 7) is 2.28.